The van der Waals surface area contributed by atoms with E-state index in [9.17, 15) is 14.7 Å². The lowest BCUT2D eigenvalue weighted by Gasteiger charge is -2.38. The Morgan fingerprint density at radius 3 is 2.55 bits per heavy atom. The second-order valence-electron chi connectivity index (χ2n) is 8.33. The molecule has 1 saturated heterocycles. The van der Waals surface area contributed by atoms with Gasteiger partial charge in [-0.25, -0.2) is 0 Å². The normalized spacial score (nSPS) is 24.6. The van der Waals surface area contributed by atoms with Gasteiger partial charge >= 0.3 is 0 Å². The van der Waals surface area contributed by atoms with Gasteiger partial charge in [-0.15, -0.1) is 0 Å². The zero-order chi connectivity index (χ0) is 22.1. The van der Waals surface area contributed by atoms with Crippen LogP contribution in [-0.4, -0.2) is 53.3 Å². The Balaban J connectivity index is 1.81. The van der Waals surface area contributed by atoms with Crippen LogP contribution in [0.3, 0.4) is 0 Å². The van der Waals surface area contributed by atoms with Crippen molar-refractivity contribution in [2.45, 2.75) is 38.9 Å². The van der Waals surface area contributed by atoms with Gasteiger partial charge in [0.15, 0.2) is 0 Å². The third-order valence-electron chi connectivity index (χ3n) is 6.71. The number of hydrogen-bond acceptors (Lipinski definition) is 5. The average Bonchev–Trinajstić information content (AvgIpc) is 2.99. The monoisotopic (exact) mass is 425 g/mol. The van der Waals surface area contributed by atoms with E-state index < -0.39 is 0 Å². The molecule has 2 aliphatic rings. The number of aliphatic hydroxyl groups is 1. The van der Waals surface area contributed by atoms with E-state index >= 15 is 0 Å². The number of aromatic nitrogens is 1. The molecule has 4 rings (SSSR count). The van der Waals surface area contributed by atoms with E-state index in [0.29, 0.717) is 18.7 Å². The zero-order valence-electron chi connectivity index (χ0n) is 18.4. The number of fused-ring (bicyclic) bond motifs is 4. The summed E-state index contributed by atoms with van der Waals surface area (Å²) in [6, 6.07) is 11.1. The minimum atomic E-state index is -0.374. The summed E-state index contributed by atoms with van der Waals surface area (Å²) in [7, 11) is 1.61. The fourth-order valence-electron chi connectivity index (χ4n) is 5.37. The second-order valence-corrected chi connectivity index (χ2v) is 8.33. The van der Waals surface area contributed by atoms with Crippen LogP contribution in [0.5, 0.6) is 5.75 Å². The number of aliphatic hydroxyl groups excluding tert-OH is 1. The Hall–Kier alpha value is -2.64. The van der Waals surface area contributed by atoms with Crippen LogP contribution in [0, 0.1) is 11.8 Å². The number of carbonyl (C=O) groups excluding carboxylic acids is 1. The first-order valence-corrected chi connectivity index (χ1v) is 11.1. The minimum Gasteiger partial charge on any atom is -0.497 e. The quantitative estimate of drug-likeness (QED) is 0.709. The number of nitrogens with one attached hydrogen (secondary N) is 1. The van der Waals surface area contributed by atoms with Gasteiger partial charge in [-0.3, -0.25) is 14.5 Å². The van der Waals surface area contributed by atoms with Crippen molar-refractivity contribution in [1.29, 1.82) is 0 Å². The topological polar surface area (TPSA) is 83.8 Å². The molecule has 4 atom stereocenters. The van der Waals surface area contributed by atoms with Crippen LogP contribution in [0.15, 0.2) is 41.2 Å². The van der Waals surface area contributed by atoms with Crippen LogP contribution in [0.2, 0.25) is 0 Å². The maximum absolute atomic E-state index is 13.5. The molecule has 7 nitrogen and oxygen atoms in total. The molecule has 2 aliphatic heterocycles. The highest BCUT2D eigenvalue weighted by molar-refractivity contribution is 5.80. The number of pyridine rings is 1. The molecule has 2 bridgehead atoms. The van der Waals surface area contributed by atoms with E-state index in [1.807, 2.05) is 47.9 Å². The van der Waals surface area contributed by atoms with E-state index in [-0.39, 0.29) is 42.0 Å². The largest absolute Gasteiger partial charge is 0.497 e. The molecule has 31 heavy (non-hydrogen) atoms. The van der Waals surface area contributed by atoms with Crippen LogP contribution in [-0.2, 0) is 11.3 Å². The molecular weight excluding hydrogens is 394 g/mol. The number of carbonyl (C=O) groups is 1. The van der Waals surface area contributed by atoms with Crippen LogP contribution < -0.4 is 15.6 Å². The average molecular weight is 426 g/mol. The van der Waals surface area contributed by atoms with Gasteiger partial charge in [0.1, 0.15) is 5.75 Å². The summed E-state index contributed by atoms with van der Waals surface area (Å²) >= 11 is 0. The standard InChI is InChI=1S/C24H31N3O4/c1-4-12-26-20-13-27-19(22(26)21(18(20)14-28)23(29)25-5-2)11-10-17(24(27)30)15-6-8-16(31-3)9-7-15/h6-11,18,20-22,28H,4-5,12-14H2,1-3H3,(H,25,29)/t18-,20-,21+,22+/m1/s1. The van der Waals surface area contributed by atoms with Crippen LogP contribution >= 0.6 is 0 Å². The third kappa shape index (κ3) is 3.55. The van der Waals surface area contributed by atoms with Gasteiger partial charge in [0.05, 0.1) is 19.1 Å². The van der Waals surface area contributed by atoms with Crippen molar-refractivity contribution in [2.75, 3.05) is 26.8 Å². The number of ether oxygens (including phenoxy) is 1. The highest BCUT2D eigenvalue weighted by Gasteiger charge is 2.55. The summed E-state index contributed by atoms with van der Waals surface area (Å²) in [5, 5.41) is 13.2. The second kappa shape index (κ2) is 8.85. The van der Waals surface area contributed by atoms with Gasteiger partial charge in [-0.2, -0.15) is 0 Å². The maximum atomic E-state index is 13.5. The van der Waals surface area contributed by atoms with Crippen molar-refractivity contribution in [3.05, 3.63) is 52.4 Å². The Morgan fingerprint density at radius 1 is 1.19 bits per heavy atom. The van der Waals surface area contributed by atoms with Crippen molar-refractivity contribution < 1.29 is 14.6 Å². The van der Waals surface area contributed by atoms with Crippen molar-refractivity contribution >= 4 is 5.91 Å². The molecule has 0 radical (unpaired) electrons. The van der Waals surface area contributed by atoms with Gasteiger partial charge in [0.2, 0.25) is 5.91 Å². The highest BCUT2D eigenvalue weighted by atomic mass is 16.5. The fourth-order valence-corrected chi connectivity index (χ4v) is 5.37. The molecule has 0 spiro atoms. The third-order valence-corrected chi connectivity index (χ3v) is 6.71. The van der Waals surface area contributed by atoms with Crippen LogP contribution in [0.4, 0.5) is 0 Å². The summed E-state index contributed by atoms with van der Waals surface area (Å²) < 4.78 is 7.05. The molecule has 1 aromatic heterocycles. The van der Waals surface area contributed by atoms with Crippen molar-refractivity contribution in [3.63, 3.8) is 0 Å². The smallest absolute Gasteiger partial charge is 0.258 e. The molecule has 2 aromatic rings. The molecule has 0 saturated carbocycles. The van der Waals surface area contributed by atoms with Gasteiger partial charge < -0.3 is 19.7 Å². The molecule has 166 valence electrons. The molecule has 0 aliphatic carbocycles. The van der Waals surface area contributed by atoms with Crippen LogP contribution in [0.25, 0.3) is 11.1 Å². The van der Waals surface area contributed by atoms with Gasteiger partial charge in [0, 0.05) is 42.9 Å². The summed E-state index contributed by atoms with van der Waals surface area (Å²) in [5.74, 6) is 0.120. The molecule has 2 N–H and O–H groups in total. The zero-order valence-corrected chi connectivity index (χ0v) is 18.4. The minimum absolute atomic E-state index is 0.0427. The first kappa shape index (κ1) is 21.6. The van der Waals surface area contributed by atoms with Gasteiger partial charge in [-0.05, 0) is 49.7 Å². The highest BCUT2D eigenvalue weighted by Crippen LogP contribution is 2.48. The van der Waals surface area contributed by atoms with Crippen molar-refractivity contribution in [1.82, 2.24) is 14.8 Å². The predicted octanol–water partition coefficient (Wildman–Crippen LogP) is 2.03. The Kier molecular flexibility index (Phi) is 6.16. The van der Waals surface area contributed by atoms with Gasteiger partial charge in [-0.1, -0.05) is 19.1 Å². The van der Waals surface area contributed by atoms with E-state index in [2.05, 4.69) is 17.1 Å². The first-order valence-electron chi connectivity index (χ1n) is 11.1. The summed E-state index contributed by atoms with van der Waals surface area (Å²) in [6.45, 7) is 5.80. The molecule has 3 heterocycles. The Bertz CT molecular complexity index is 1000. The Morgan fingerprint density at radius 2 is 1.94 bits per heavy atom. The van der Waals surface area contributed by atoms with E-state index in [1.54, 1.807) is 7.11 Å². The van der Waals surface area contributed by atoms with Crippen molar-refractivity contribution in [3.8, 4) is 16.9 Å². The number of amides is 1. The molecule has 0 unspecified atom stereocenters. The lowest BCUT2D eigenvalue weighted by Crippen LogP contribution is -2.46. The maximum Gasteiger partial charge on any atom is 0.258 e. The van der Waals surface area contributed by atoms with Crippen LogP contribution in [0.1, 0.15) is 32.0 Å². The molecule has 1 aromatic carbocycles. The fraction of sp³-hybridized carbons (Fsp3) is 0.500. The lowest BCUT2D eigenvalue weighted by atomic mass is 9.86. The summed E-state index contributed by atoms with van der Waals surface area (Å²) in [5.41, 5.74) is 2.27. The van der Waals surface area contributed by atoms with Crippen molar-refractivity contribution in [2.24, 2.45) is 11.8 Å². The van der Waals surface area contributed by atoms with E-state index in [1.165, 1.54) is 0 Å². The van der Waals surface area contributed by atoms with Gasteiger partial charge in [0.25, 0.3) is 5.56 Å². The Labute approximate surface area is 182 Å². The number of methoxy groups -OCH3 is 1. The SMILES string of the molecule is CCCN1[C@@H]2Cn3c(ccc(-c4ccc(OC)cc4)c3=O)[C@H]1[C@@H](C(=O)NCC)[C@@H]2CO. The number of rotatable bonds is 7. The number of benzene rings is 1. The molecule has 1 fully saturated rings. The predicted molar refractivity (Wildman–Crippen MR) is 119 cm³/mol. The van der Waals surface area contributed by atoms with E-state index in [0.717, 1.165) is 30.0 Å². The lowest BCUT2D eigenvalue weighted by molar-refractivity contribution is -0.127. The summed E-state index contributed by atoms with van der Waals surface area (Å²) in [4.78, 5) is 28.8. The van der Waals surface area contributed by atoms with E-state index in [4.69, 9.17) is 4.74 Å². The summed E-state index contributed by atoms with van der Waals surface area (Å²) in [6.07, 6.45) is 0.946. The molecule has 1 amide bonds. The first-order chi connectivity index (χ1) is 15.0. The number of nitrogens with zero attached hydrogens (tertiary/aromatic N) is 2. The molecular formula is C24H31N3O4. The number of hydrogen-bond donors (Lipinski definition) is 2. The molecule has 7 heteroatoms.